The Morgan fingerprint density at radius 2 is 1.61 bits per heavy atom. The van der Waals surface area contributed by atoms with Gasteiger partial charge in [0.1, 0.15) is 0 Å². The van der Waals surface area contributed by atoms with Crippen molar-refractivity contribution in [2.24, 2.45) is 0 Å². The summed E-state index contributed by atoms with van der Waals surface area (Å²) < 4.78 is 0. The van der Waals surface area contributed by atoms with Crippen LogP contribution in [0.5, 0.6) is 0 Å². The van der Waals surface area contributed by atoms with Crippen LogP contribution in [-0.2, 0) is 0 Å². The van der Waals surface area contributed by atoms with Crippen molar-refractivity contribution in [3.05, 3.63) is 35.9 Å². The molecule has 2 unspecified atom stereocenters. The normalized spacial score (nSPS) is 14.4. The van der Waals surface area contributed by atoms with Crippen molar-refractivity contribution in [1.82, 2.24) is 0 Å². The van der Waals surface area contributed by atoms with Crippen molar-refractivity contribution in [3.8, 4) is 0 Å². The highest BCUT2D eigenvalue weighted by atomic mass is 16.3. The van der Waals surface area contributed by atoms with Gasteiger partial charge in [-0.15, -0.1) is 0 Å². The molecule has 1 heteroatoms. The highest BCUT2D eigenvalue weighted by molar-refractivity contribution is 5.20. The molecule has 0 radical (unpaired) electrons. The standard InChI is InChI=1S/C17H28O/c1-3-5-6-7-11-14-17(18)16(4-2)15-12-9-8-10-13-15/h8-10,12-13,16-18H,3-7,11,14H2,1-2H3. The van der Waals surface area contributed by atoms with E-state index in [4.69, 9.17) is 0 Å². The van der Waals surface area contributed by atoms with Crippen molar-refractivity contribution < 1.29 is 5.11 Å². The topological polar surface area (TPSA) is 20.2 Å². The zero-order chi connectivity index (χ0) is 13.2. The lowest BCUT2D eigenvalue weighted by molar-refractivity contribution is 0.128. The summed E-state index contributed by atoms with van der Waals surface area (Å²) in [6.45, 7) is 4.40. The first-order chi connectivity index (χ1) is 8.79. The Kier molecular flexibility index (Phi) is 7.75. The van der Waals surface area contributed by atoms with Crippen LogP contribution < -0.4 is 0 Å². The van der Waals surface area contributed by atoms with Gasteiger partial charge in [0, 0.05) is 5.92 Å². The molecular formula is C17H28O. The second-order valence-corrected chi connectivity index (χ2v) is 5.20. The van der Waals surface area contributed by atoms with E-state index in [0.29, 0.717) is 5.92 Å². The lowest BCUT2D eigenvalue weighted by Crippen LogP contribution is -2.17. The first-order valence-corrected chi connectivity index (χ1v) is 7.52. The molecule has 1 N–H and O–H groups in total. The molecule has 0 aliphatic carbocycles. The van der Waals surface area contributed by atoms with Crippen molar-refractivity contribution in [3.63, 3.8) is 0 Å². The summed E-state index contributed by atoms with van der Waals surface area (Å²) in [6.07, 6.45) is 8.11. The summed E-state index contributed by atoms with van der Waals surface area (Å²) in [5.74, 6) is 0.303. The van der Waals surface area contributed by atoms with E-state index in [1.807, 2.05) is 6.07 Å². The second-order valence-electron chi connectivity index (χ2n) is 5.20. The van der Waals surface area contributed by atoms with Crippen LogP contribution in [0.15, 0.2) is 30.3 Å². The molecule has 0 aliphatic heterocycles. The van der Waals surface area contributed by atoms with Gasteiger partial charge >= 0.3 is 0 Å². The lowest BCUT2D eigenvalue weighted by atomic mass is 9.88. The Morgan fingerprint density at radius 1 is 0.944 bits per heavy atom. The average molecular weight is 248 g/mol. The zero-order valence-electron chi connectivity index (χ0n) is 11.9. The number of unbranched alkanes of at least 4 members (excludes halogenated alkanes) is 4. The molecule has 0 fully saturated rings. The molecule has 1 aromatic rings. The van der Waals surface area contributed by atoms with Crippen molar-refractivity contribution in [1.29, 1.82) is 0 Å². The molecule has 2 atom stereocenters. The van der Waals surface area contributed by atoms with Crippen LogP contribution >= 0.6 is 0 Å². The van der Waals surface area contributed by atoms with E-state index in [1.165, 1.54) is 31.2 Å². The summed E-state index contributed by atoms with van der Waals surface area (Å²) in [4.78, 5) is 0. The largest absolute Gasteiger partial charge is 0.392 e. The van der Waals surface area contributed by atoms with Gasteiger partial charge in [0.2, 0.25) is 0 Å². The predicted octanol–water partition coefficient (Wildman–Crippen LogP) is 4.90. The Morgan fingerprint density at radius 3 is 2.22 bits per heavy atom. The van der Waals surface area contributed by atoms with Gasteiger partial charge in [0.25, 0.3) is 0 Å². The minimum absolute atomic E-state index is 0.181. The lowest BCUT2D eigenvalue weighted by Gasteiger charge is -2.22. The van der Waals surface area contributed by atoms with Gasteiger partial charge in [-0.2, -0.15) is 0 Å². The molecule has 0 spiro atoms. The summed E-state index contributed by atoms with van der Waals surface area (Å²) in [6, 6.07) is 10.4. The van der Waals surface area contributed by atoms with Crippen molar-refractivity contribution >= 4 is 0 Å². The molecule has 0 bridgehead atoms. The van der Waals surface area contributed by atoms with Gasteiger partial charge < -0.3 is 5.11 Å². The van der Waals surface area contributed by atoms with Gasteiger partial charge in [-0.05, 0) is 18.4 Å². The maximum absolute atomic E-state index is 10.3. The Balaban J connectivity index is 2.36. The van der Waals surface area contributed by atoms with Crippen molar-refractivity contribution in [2.45, 2.75) is 70.8 Å². The SMILES string of the molecule is CCCCCCCC(O)C(CC)c1ccccc1. The maximum atomic E-state index is 10.3. The molecule has 0 aliphatic rings. The molecule has 102 valence electrons. The van der Waals surface area contributed by atoms with E-state index < -0.39 is 0 Å². The fourth-order valence-electron chi connectivity index (χ4n) is 2.59. The molecule has 1 nitrogen and oxygen atoms in total. The van der Waals surface area contributed by atoms with E-state index in [-0.39, 0.29) is 6.10 Å². The van der Waals surface area contributed by atoms with Gasteiger partial charge in [-0.3, -0.25) is 0 Å². The molecule has 0 saturated heterocycles. The third-order valence-corrected chi connectivity index (χ3v) is 3.74. The van der Waals surface area contributed by atoms with Crippen LogP contribution in [0.3, 0.4) is 0 Å². The van der Waals surface area contributed by atoms with Crippen LogP contribution in [0.25, 0.3) is 0 Å². The predicted molar refractivity (Wildman–Crippen MR) is 78.9 cm³/mol. The Bertz CT molecular complexity index is 294. The molecule has 1 aromatic carbocycles. The third kappa shape index (κ3) is 5.22. The number of aliphatic hydroxyl groups is 1. The first kappa shape index (κ1) is 15.2. The first-order valence-electron chi connectivity index (χ1n) is 7.52. The minimum Gasteiger partial charge on any atom is -0.392 e. The van der Waals surface area contributed by atoms with E-state index in [0.717, 1.165) is 19.3 Å². The molecule has 0 amide bonds. The molecule has 1 rings (SSSR count). The fraction of sp³-hybridized carbons (Fsp3) is 0.647. The van der Waals surface area contributed by atoms with Crippen LogP contribution in [-0.4, -0.2) is 11.2 Å². The molecule has 0 saturated carbocycles. The number of hydrogen-bond acceptors (Lipinski definition) is 1. The van der Waals surface area contributed by atoms with Gasteiger partial charge in [-0.1, -0.05) is 76.3 Å². The number of benzene rings is 1. The van der Waals surface area contributed by atoms with Gasteiger partial charge in [-0.25, -0.2) is 0 Å². The monoisotopic (exact) mass is 248 g/mol. The van der Waals surface area contributed by atoms with Crippen LogP contribution in [0.4, 0.5) is 0 Å². The number of rotatable bonds is 9. The highest BCUT2D eigenvalue weighted by Gasteiger charge is 2.18. The Labute approximate surface area is 112 Å². The second kappa shape index (κ2) is 9.16. The smallest absolute Gasteiger partial charge is 0.0608 e. The van der Waals surface area contributed by atoms with E-state index in [1.54, 1.807) is 0 Å². The summed E-state index contributed by atoms with van der Waals surface area (Å²) in [7, 11) is 0. The van der Waals surface area contributed by atoms with Crippen molar-refractivity contribution in [2.75, 3.05) is 0 Å². The molecule has 0 aromatic heterocycles. The average Bonchev–Trinajstić information content (AvgIpc) is 2.40. The van der Waals surface area contributed by atoms with Crippen LogP contribution in [0, 0.1) is 0 Å². The Hall–Kier alpha value is -0.820. The van der Waals surface area contributed by atoms with Gasteiger partial charge in [0.05, 0.1) is 6.10 Å². The summed E-state index contributed by atoms with van der Waals surface area (Å²) >= 11 is 0. The maximum Gasteiger partial charge on any atom is 0.0608 e. The summed E-state index contributed by atoms with van der Waals surface area (Å²) in [5, 5.41) is 10.3. The minimum atomic E-state index is -0.181. The third-order valence-electron chi connectivity index (χ3n) is 3.74. The van der Waals surface area contributed by atoms with Crippen LogP contribution in [0.2, 0.25) is 0 Å². The fourth-order valence-corrected chi connectivity index (χ4v) is 2.59. The van der Waals surface area contributed by atoms with E-state index in [9.17, 15) is 5.11 Å². The highest BCUT2D eigenvalue weighted by Crippen LogP contribution is 2.26. The number of aliphatic hydroxyl groups excluding tert-OH is 1. The quantitative estimate of drug-likeness (QED) is 0.616. The van der Waals surface area contributed by atoms with Gasteiger partial charge in [0.15, 0.2) is 0 Å². The summed E-state index contributed by atoms with van der Waals surface area (Å²) in [5.41, 5.74) is 1.28. The van der Waals surface area contributed by atoms with Crippen LogP contribution in [0.1, 0.15) is 70.3 Å². The molecular weight excluding hydrogens is 220 g/mol. The number of hydrogen-bond donors (Lipinski definition) is 1. The molecule has 18 heavy (non-hydrogen) atoms. The van der Waals surface area contributed by atoms with E-state index in [2.05, 4.69) is 38.1 Å². The molecule has 0 heterocycles. The van der Waals surface area contributed by atoms with E-state index >= 15 is 0 Å². The zero-order valence-corrected chi connectivity index (χ0v) is 11.9.